The van der Waals surface area contributed by atoms with E-state index in [1.807, 2.05) is 18.2 Å². The van der Waals surface area contributed by atoms with Crippen LogP contribution in [0.25, 0.3) is 0 Å². The van der Waals surface area contributed by atoms with Crippen LogP contribution in [0.4, 0.5) is 5.69 Å². The molecule has 0 spiro atoms. The number of ether oxygens (including phenoxy) is 1. The van der Waals surface area contributed by atoms with Gasteiger partial charge in [-0.1, -0.05) is 48.5 Å². The van der Waals surface area contributed by atoms with Gasteiger partial charge in [-0.2, -0.15) is 0 Å². The number of nitrogens with zero attached hydrogens (tertiary/aromatic N) is 4. The average molecular weight is 550 g/mol. The number of rotatable bonds is 7. The van der Waals surface area contributed by atoms with E-state index in [0.29, 0.717) is 45.6 Å². The zero-order valence-corrected chi connectivity index (χ0v) is 22.4. The summed E-state index contributed by atoms with van der Waals surface area (Å²) in [7, 11) is 0. The highest BCUT2D eigenvalue weighted by Crippen LogP contribution is 2.43. The molecule has 0 saturated carbocycles. The summed E-state index contributed by atoms with van der Waals surface area (Å²) in [5.74, 6) is -2.13. The predicted octanol–water partition coefficient (Wildman–Crippen LogP) is 3.95. The maximum absolute atomic E-state index is 13.0. The summed E-state index contributed by atoms with van der Waals surface area (Å²) in [6, 6.07) is 15.9. The van der Waals surface area contributed by atoms with Crippen molar-refractivity contribution in [2.75, 3.05) is 18.0 Å². The topological polar surface area (TPSA) is 137 Å². The number of hydrogen-bond acceptors (Lipinski definition) is 7. The van der Waals surface area contributed by atoms with E-state index in [9.17, 15) is 19.8 Å². The maximum atomic E-state index is 13.0. The highest BCUT2D eigenvalue weighted by Gasteiger charge is 2.51. The molecule has 3 N–H and O–H groups in total. The third-order valence-electron chi connectivity index (χ3n) is 6.38. The summed E-state index contributed by atoms with van der Waals surface area (Å²) in [5.41, 5.74) is 1.14. The third kappa shape index (κ3) is 5.62. The number of carboxylic acids is 2. The van der Waals surface area contributed by atoms with Crippen molar-refractivity contribution in [3.05, 3.63) is 94.4 Å². The van der Waals surface area contributed by atoms with E-state index < -0.39 is 23.6 Å². The Morgan fingerprint density at radius 3 is 2.41 bits per heavy atom. The molecule has 1 aromatic heterocycles. The molecule has 0 amide bonds. The van der Waals surface area contributed by atoms with Crippen LogP contribution >= 0.6 is 11.6 Å². The van der Waals surface area contributed by atoms with Crippen molar-refractivity contribution in [1.82, 2.24) is 15.3 Å². The van der Waals surface area contributed by atoms with Crippen molar-refractivity contribution in [2.45, 2.75) is 32.4 Å². The molecule has 2 unspecified atom stereocenters. The van der Waals surface area contributed by atoms with Crippen LogP contribution in [-0.2, 0) is 15.1 Å². The number of anilines is 1. The maximum Gasteiger partial charge on any atom is 0.353 e. The molecule has 0 radical (unpaired) electrons. The molecule has 10 nitrogen and oxygen atoms in total. The zero-order valence-electron chi connectivity index (χ0n) is 21.7. The highest BCUT2D eigenvalue weighted by atomic mass is 35.5. The van der Waals surface area contributed by atoms with Gasteiger partial charge < -0.3 is 19.8 Å². The molecule has 4 rings (SSSR count). The van der Waals surface area contributed by atoms with Gasteiger partial charge in [0, 0.05) is 40.8 Å². The standard InChI is InChI=1S/C28H28ClN5O5/c1-16-14-17(2)32-27(31-16)39-24(26(37)38)28(20-8-6-5-7-9-20)22-15-21(29)10-11-23(22)34(13-12-30-28)19(4)33-18(3)25(35)36/h5-11,14-15,24,30H,3,12-13H2,1-2,4H3,(H,35,36)(H,37,38). The molecule has 2 heterocycles. The van der Waals surface area contributed by atoms with Crippen LogP contribution in [0, 0.1) is 13.8 Å². The summed E-state index contributed by atoms with van der Waals surface area (Å²) in [6.07, 6.45) is -1.54. The van der Waals surface area contributed by atoms with Crippen LogP contribution < -0.4 is 15.0 Å². The molecule has 1 aliphatic heterocycles. The largest absolute Gasteiger partial charge is 0.478 e. The Kier molecular flexibility index (Phi) is 7.98. The highest BCUT2D eigenvalue weighted by molar-refractivity contribution is 6.30. The van der Waals surface area contributed by atoms with Gasteiger partial charge in [0.2, 0.25) is 6.10 Å². The van der Waals surface area contributed by atoms with Crippen LogP contribution in [0.3, 0.4) is 0 Å². The van der Waals surface area contributed by atoms with Gasteiger partial charge in [0.25, 0.3) is 0 Å². The fourth-order valence-electron chi connectivity index (χ4n) is 4.80. The summed E-state index contributed by atoms with van der Waals surface area (Å²) in [6.45, 7) is 9.32. The first-order valence-corrected chi connectivity index (χ1v) is 12.5. The summed E-state index contributed by atoms with van der Waals surface area (Å²) < 4.78 is 6.11. The van der Waals surface area contributed by atoms with Crippen LogP contribution in [0.15, 0.2) is 71.9 Å². The molecule has 0 fully saturated rings. The lowest BCUT2D eigenvalue weighted by atomic mass is 9.77. The molecule has 2 aromatic carbocycles. The van der Waals surface area contributed by atoms with E-state index in [2.05, 4.69) is 26.9 Å². The third-order valence-corrected chi connectivity index (χ3v) is 6.61. The monoisotopic (exact) mass is 549 g/mol. The number of aromatic nitrogens is 2. The molecule has 2 atom stereocenters. The number of benzene rings is 2. The number of carbonyl (C=O) groups is 2. The lowest BCUT2D eigenvalue weighted by Gasteiger charge is -2.40. The van der Waals surface area contributed by atoms with Gasteiger partial charge in [-0.3, -0.25) is 5.32 Å². The van der Waals surface area contributed by atoms with E-state index in [4.69, 9.17) is 16.3 Å². The smallest absolute Gasteiger partial charge is 0.353 e. The normalized spacial score (nSPS) is 18.1. The molecule has 39 heavy (non-hydrogen) atoms. The second kappa shape index (κ2) is 11.2. The van der Waals surface area contributed by atoms with Crippen LogP contribution in [0.1, 0.15) is 29.4 Å². The first-order chi connectivity index (χ1) is 18.5. The van der Waals surface area contributed by atoms with E-state index in [1.165, 1.54) is 0 Å². The molecule has 0 bridgehead atoms. The van der Waals surface area contributed by atoms with Gasteiger partial charge in [0.05, 0.1) is 0 Å². The Morgan fingerprint density at radius 1 is 1.13 bits per heavy atom. The van der Waals surface area contributed by atoms with Gasteiger partial charge in [-0.15, -0.1) is 0 Å². The predicted molar refractivity (Wildman–Crippen MR) is 147 cm³/mol. The molecule has 1 aliphatic rings. The fourth-order valence-corrected chi connectivity index (χ4v) is 4.97. The molecular weight excluding hydrogens is 522 g/mol. The molecule has 0 saturated heterocycles. The SMILES string of the molecule is C=C(N=C(C)N1CCNC(c2ccccc2)(C(Oc2nc(C)cc(C)n2)C(=O)O)c2cc(Cl)ccc21)C(=O)O. The van der Waals surface area contributed by atoms with Crippen molar-refractivity contribution in [3.63, 3.8) is 0 Å². The molecule has 3 aromatic rings. The number of nitrogens with one attached hydrogen (secondary N) is 1. The first-order valence-electron chi connectivity index (χ1n) is 12.1. The minimum atomic E-state index is -1.54. The van der Waals surface area contributed by atoms with E-state index in [-0.39, 0.29) is 18.3 Å². The Bertz CT molecular complexity index is 1440. The van der Waals surface area contributed by atoms with E-state index >= 15 is 0 Å². The lowest BCUT2D eigenvalue weighted by molar-refractivity contribution is -0.149. The number of carboxylic acid groups (broad SMARTS) is 2. The quantitative estimate of drug-likeness (QED) is 0.227. The van der Waals surface area contributed by atoms with Crippen LogP contribution in [-0.4, -0.2) is 57.1 Å². The van der Waals surface area contributed by atoms with Crippen molar-refractivity contribution < 1.29 is 24.5 Å². The Balaban J connectivity index is 1.99. The Labute approximate surface area is 230 Å². The van der Waals surface area contributed by atoms with Crippen molar-refractivity contribution >= 4 is 35.1 Å². The van der Waals surface area contributed by atoms with Crippen molar-refractivity contribution in [1.29, 1.82) is 0 Å². The van der Waals surface area contributed by atoms with Gasteiger partial charge in [0.15, 0.2) is 0 Å². The number of hydrogen-bond donors (Lipinski definition) is 3. The van der Waals surface area contributed by atoms with Gasteiger partial charge in [-0.05, 0) is 50.6 Å². The number of halogens is 1. The molecular formula is C28H28ClN5O5. The lowest BCUT2D eigenvalue weighted by Crippen LogP contribution is -2.58. The molecule has 11 heteroatoms. The first kappa shape index (κ1) is 27.7. The number of fused-ring (bicyclic) bond motifs is 1. The average Bonchev–Trinajstić information content (AvgIpc) is 3.04. The van der Waals surface area contributed by atoms with Gasteiger partial charge in [-0.25, -0.2) is 24.5 Å². The second-order valence-corrected chi connectivity index (χ2v) is 9.53. The number of aliphatic imine (C=N–C) groups is 1. The van der Waals surface area contributed by atoms with Gasteiger partial charge >= 0.3 is 17.9 Å². The van der Waals surface area contributed by atoms with E-state index in [1.54, 1.807) is 62.1 Å². The second-order valence-electron chi connectivity index (χ2n) is 9.09. The Morgan fingerprint density at radius 2 is 1.79 bits per heavy atom. The van der Waals surface area contributed by atoms with Crippen LogP contribution in [0.2, 0.25) is 5.02 Å². The zero-order chi connectivity index (χ0) is 28.3. The number of amidine groups is 1. The number of aliphatic carboxylic acids is 2. The molecule has 202 valence electrons. The van der Waals surface area contributed by atoms with E-state index in [0.717, 1.165) is 0 Å². The van der Waals surface area contributed by atoms with Gasteiger partial charge in [0.1, 0.15) is 17.1 Å². The van der Waals surface area contributed by atoms with Crippen LogP contribution in [0.5, 0.6) is 6.01 Å². The van der Waals surface area contributed by atoms with Crippen molar-refractivity contribution in [3.8, 4) is 6.01 Å². The minimum Gasteiger partial charge on any atom is -0.478 e. The summed E-state index contributed by atoms with van der Waals surface area (Å²) in [4.78, 5) is 39.0. The Hall–Kier alpha value is -4.28. The number of aryl methyl sites for hydroxylation is 2. The summed E-state index contributed by atoms with van der Waals surface area (Å²) >= 11 is 6.50. The minimum absolute atomic E-state index is 0.0720. The fraction of sp³-hybridized carbons (Fsp3) is 0.250. The molecule has 0 aliphatic carbocycles. The van der Waals surface area contributed by atoms with Crippen molar-refractivity contribution in [2.24, 2.45) is 4.99 Å². The summed E-state index contributed by atoms with van der Waals surface area (Å²) in [5, 5.41) is 23.7.